The van der Waals surface area contributed by atoms with Crippen molar-refractivity contribution >= 4 is 11.9 Å². The van der Waals surface area contributed by atoms with Gasteiger partial charge in [0.15, 0.2) is 0 Å². The minimum atomic E-state index is -0.856. The zero-order valence-corrected chi connectivity index (χ0v) is 17.4. The van der Waals surface area contributed by atoms with Gasteiger partial charge in [0.2, 0.25) is 5.91 Å². The molecule has 1 aromatic carbocycles. The lowest BCUT2D eigenvalue weighted by Crippen LogP contribution is -2.59. The van der Waals surface area contributed by atoms with E-state index in [4.69, 9.17) is 0 Å². The first-order valence-corrected chi connectivity index (χ1v) is 11.2. The highest BCUT2D eigenvalue weighted by molar-refractivity contribution is 5.89. The van der Waals surface area contributed by atoms with E-state index in [1.165, 1.54) is 37.7 Å². The first-order chi connectivity index (χ1) is 13.8. The Bertz CT molecular complexity index is 875. The molecular weight excluding hydrogens is 362 g/mol. The molecule has 154 valence electrons. The minimum absolute atomic E-state index is 0.0670. The van der Waals surface area contributed by atoms with Crippen LogP contribution < -0.4 is 5.32 Å². The Kier molecular flexibility index (Phi) is 4.20. The number of carbonyl (C=O) groups excluding carboxylic acids is 1. The highest BCUT2D eigenvalue weighted by Crippen LogP contribution is 2.66. The first-order valence-electron chi connectivity index (χ1n) is 11.2. The van der Waals surface area contributed by atoms with E-state index >= 15 is 0 Å². The van der Waals surface area contributed by atoms with Gasteiger partial charge in [0.05, 0.1) is 5.56 Å². The van der Waals surface area contributed by atoms with Gasteiger partial charge < -0.3 is 10.4 Å². The minimum Gasteiger partial charge on any atom is -0.478 e. The molecule has 2 N–H and O–H groups in total. The standard InChI is InChI=1S/C25H31NO3/c1-24-13-11-20-17(7-10-21-25(20,2)14-12-22(27)26-21)19(24)9-8-18(24)15-3-5-16(6-4-15)23(28)29/h3-6,12,14,17-21H,7-11,13H2,1-2H3,(H,26,27)(H,28,29)/t17-,18?,19-,20+,21?,24+,25+/m0/s1. The molecule has 1 aromatic rings. The lowest BCUT2D eigenvalue weighted by Gasteiger charge is -2.59. The molecule has 0 saturated heterocycles. The Balaban J connectivity index is 1.43. The van der Waals surface area contributed by atoms with Crippen molar-refractivity contribution in [2.75, 3.05) is 0 Å². The Labute approximate surface area is 172 Å². The van der Waals surface area contributed by atoms with E-state index in [1.54, 1.807) is 18.2 Å². The van der Waals surface area contributed by atoms with Crippen molar-refractivity contribution in [3.8, 4) is 0 Å². The van der Waals surface area contributed by atoms with Gasteiger partial charge in [-0.05, 0) is 91.4 Å². The monoisotopic (exact) mass is 393 g/mol. The van der Waals surface area contributed by atoms with Gasteiger partial charge in [0.25, 0.3) is 0 Å². The lowest BCUT2D eigenvalue weighted by molar-refractivity contribution is -0.122. The number of carboxylic acid groups (broad SMARTS) is 1. The zero-order chi connectivity index (χ0) is 20.4. The Morgan fingerprint density at radius 1 is 1.03 bits per heavy atom. The summed E-state index contributed by atoms with van der Waals surface area (Å²) in [5.41, 5.74) is 2.05. The fourth-order valence-electron chi connectivity index (χ4n) is 7.74. The number of benzene rings is 1. The van der Waals surface area contributed by atoms with Gasteiger partial charge in [-0.2, -0.15) is 0 Å². The smallest absolute Gasteiger partial charge is 0.335 e. The summed E-state index contributed by atoms with van der Waals surface area (Å²) in [6.45, 7) is 4.85. The molecular formula is C25H31NO3. The molecule has 29 heavy (non-hydrogen) atoms. The Morgan fingerprint density at radius 3 is 2.52 bits per heavy atom. The predicted octanol–water partition coefficient (Wildman–Crippen LogP) is 4.77. The van der Waals surface area contributed by atoms with Gasteiger partial charge >= 0.3 is 5.97 Å². The summed E-state index contributed by atoms with van der Waals surface area (Å²) in [7, 11) is 0. The fraction of sp³-hybridized carbons (Fsp3) is 0.600. The molecule has 0 bridgehead atoms. The van der Waals surface area contributed by atoms with E-state index in [0.717, 1.165) is 12.3 Å². The predicted molar refractivity (Wildman–Crippen MR) is 112 cm³/mol. The van der Waals surface area contributed by atoms with Crippen LogP contribution in [0.4, 0.5) is 0 Å². The first kappa shape index (κ1) is 18.9. The zero-order valence-electron chi connectivity index (χ0n) is 17.4. The number of carbonyl (C=O) groups is 2. The van der Waals surface area contributed by atoms with E-state index in [1.807, 2.05) is 12.1 Å². The Morgan fingerprint density at radius 2 is 1.79 bits per heavy atom. The highest BCUT2D eigenvalue weighted by atomic mass is 16.4. The summed E-state index contributed by atoms with van der Waals surface area (Å²) in [6, 6.07) is 7.91. The third-order valence-electron chi connectivity index (χ3n) is 9.25. The Hall–Kier alpha value is -2.10. The van der Waals surface area contributed by atoms with Crippen molar-refractivity contribution in [2.45, 2.75) is 64.3 Å². The maximum Gasteiger partial charge on any atom is 0.335 e. The molecule has 0 spiro atoms. The van der Waals surface area contributed by atoms with Gasteiger partial charge in [-0.25, -0.2) is 4.79 Å². The maximum atomic E-state index is 11.9. The van der Waals surface area contributed by atoms with Crippen LogP contribution >= 0.6 is 0 Å². The molecule has 1 aliphatic heterocycles. The van der Waals surface area contributed by atoms with Crippen LogP contribution in [-0.4, -0.2) is 23.0 Å². The van der Waals surface area contributed by atoms with E-state index in [9.17, 15) is 14.7 Å². The topological polar surface area (TPSA) is 66.4 Å². The van der Waals surface area contributed by atoms with Gasteiger partial charge in [0, 0.05) is 11.5 Å². The summed E-state index contributed by atoms with van der Waals surface area (Å²) in [4.78, 5) is 23.1. The molecule has 4 aliphatic rings. The van der Waals surface area contributed by atoms with Crippen molar-refractivity contribution < 1.29 is 14.7 Å². The number of fused-ring (bicyclic) bond motifs is 5. The molecule has 4 nitrogen and oxygen atoms in total. The highest BCUT2D eigenvalue weighted by Gasteiger charge is 2.59. The molecule has 3 fully saturated rings. The second-order valence-electron chi connectivity index (χ2n) is 10.3. The normalized spacial score (nSPS) is 43.1. The SMILES string of the molecule is C[C@]12C=CC(=O)NC1CC[C@@H]1[C@H]2CC[C@]2(C)C(c3ccc(C(=O)O)cc3)CC[C@@H]12. The molecule has 7 atom stereocenters. The molecule has 0 radical (unpaired) electrons. The van der Waals surface area contributed by atoms with E-state index in [0.29, 0.717) is 23.3 Å². The second-order valence-corrected chi connectivity index (χ2v) is 10.3. The molecule has 0 aromatic heterocycles. The summed E-state index contributed by atoms with van der Waals surface area (Å²) in [5, 5.41) is 12.4. The number of amides is 1. The molecule has 3 aliphatic carbocycles. The number of aromatic carboxylic acids is 1. The number of rotatable bonds is 2. The van der Waals surface area contributed by atoms with E-state index < -0.39 is 5.97 Å². The average molecular weight is 394 g/mol. The molecule has 1 amide bonds. The number of nitrogens with one attached hydrogen (secondary N) is 1. The maximum absolute atomic E-state index is 11.9. The quantitative estimate of drug-likeness (QED) is 0.761. The summed E-state index contributed by atoms with van der Waals surface area (Å²) in [5.74, 6) is 1.81. The number of hydrogen-bond acceptors (Lipinski definition) is 2. The van der Waals surface area contributed by atoms with Crippen molar-refractivity contribution in [2.24, 2.45) is 28.6 Å². The van der Waals surface area contributed by atoms with Crippen LogP contribution in [0.3, 0.4) is 0 Å². The van der Waals surface area contributed by atoms with Crippen molar-refractivity contribution in [1.82, 2.24) is 5.32 Å². The van der Waals surface area contributed by atoms with Crippen molar-refractivity contribution in [1.29, 1.82) is 0 Å². The summed E-state index contributed by atoms with van der Waals surface area (Å²) >= 11 is 0. The van der Waals surface area contributed by atoms with Crippen molar-refractivity contribution in [3.05, 3.63) is 47.5 Å². The van der Waals surface area contributed by atoms with Crippen LogP contribution in [0.5, 0.6) is 0 Å². The van der Waals surface area contributed by atoms with Crippen LogP contribution in [0.2, 0.25) is 0 Å². The van der Waals surface area contributed by atoms with Crippen LogP contribution in [0.1, 0.15) is 74.2 Å². The largest absolute Gasteiger partial charge is 0.478 e. The van der Waals surface area contributed by atoms with Crippen LogP contribution in [0.15, 0.2) is 36.4 Å². The molecule has 1 heterocycles. The molecule has 4 heteroatoms. The van der Waals surface area contributed by atoms with Crippen LogP contribution in [-0.2, 0) is 4.79 Å². The van der Waals surface area contributed by atoms with Crippen LogP contribution in [0, 0.1) is 28.6 Å². The number of hydrogen-bond donors (Lipinski definition) is 2. The van der Waals surface area contributed by atoms with Gasteiger partial charge in [-0.15, -0.1) is 0 Å². The van der Waals surface area contributed by atoms with Gasteiger partial charge in [0.1, 0.15) is 0 Å². The average Bonchev–Trinajstić information content (AvgIpc) is 3.06. The summed E-state index contributed by atoms with van der Waals surface area (Å²) < 4.78 is 0. The molecule has 2 unspecified atom stereocenters. The fourth-order valence-corrected chi connectivity index (χ4v) is 7.74. The molecule has 3 saturated carbocycles. The van der Waals surface area contributed by atoms with E-state index in [2.05, 4.69) is 25.2 Å². The van der Waals surface area contributed by atoms with Gasteiger partial charge in [-0.1, -0.05) is 32.1 Å². The van der Waals surface area contributed by atoms with E-state index in [-0.39, 0.29) is 22.8 Å². The van der Waals surface area contributed by atoms with Gasteiger partial charge in [-0.3, -0.25) is 4.79 Å². The number of carboxylic acids is 1. The third-order valence-corrected chi connectivity index (χ3v) is 9.25. The lowest BCUT2D eigenvalue weighted by atomic mass is 9.47. The van der Waals surface area contributed by atoms with Crippen molar-refractivity contribution in [3.63, 3.8) is 0 Å². The third kappa shape index (κ3) is 2.71. The molecule has 5 rings (SSSR count). The van der Waals surface area contributed by atoms with Crippen LogP contribution in [0.25, 0.3) is 0 Å². The second kappa shape index (κ2) is 6.45. The summed E-state index contributed by atoms with van der Waals surface area (Å²) in [6.07, 6.45) is 11.2.